The van der Waals surface area contributed by atoms with Gasteiger partial charge in [-0.25, -0.2) is 9.59 Å². The number of fused-ring (bicyclic) bond motifs is 1. The third-order valence-electron chi connectivity index (χ3n) is 3.75. The zero-order valence-corrected chi connectivity index (χ0v) is 14.7. The minimum Gasteiger partial charge on any atom is -0.478 e. The molecule has 0 spiro atoms. The highest BCUT2D eigenvalue weighted by atomic mass is 35.5. The molecule has 0 aliphatic rings. The summed E-state index contributed by atoms with van der Waals surface area (Å²) in [5.41, 5.74) is 0.349. The van der Waals surface area contributed by atoms with E-state index in [1.807, 2.05) is 0 Å². The van der Waals surface area contributed by atoms with Crippen LogP contribution in [0, 0.1) is 0 Å². The van der Waals surface area contributed by atoms with Crippen LogP contribution in [0.1, 0.15) is 22.0 Å². The van der Waals surface area contributed by atoms with Crippen LogP contribution in [0.25, 0.3) is 10.8 Å². The summed E-state index contributed by atoms with van der Waals surface area (Å²) in [6.07, 6.45) is -1.32. The fourth-order valence-corrected chi connectivity index (χ4v) is 3.22. The summed E-state index contributed by atoms with van der Waals surface area (Å²) in [5, 5.41) is 20.3. The van der Waals surface area contributed by atoms with E-state index in [0.717, 1.165) is 0 Å². The van der Waals surface area contributed by atoms with E-state index in [1.54, 1.807) is 36.4 Å². The lowest BCUT2D eigenvalue weighted by Crippen LogP contribution is -2.18. The van der Waals surface area contributed by atoms with E-state index in [2.05, 4.69) is 0 Å². The standard InChI is InChI=1S/C19H12Cl2O5/c20-13-7-11-6-12(18(22)23)8-15(16(11)14(21)9-13)26-17(19(24)25)10-4-2-1-3-5-10/h1-9,17H,(H,22,23)(H,24,25). The van der Waals surface area contributed by atoms with Gasteiger partial charge in [-0.1, -0.05) is 53.5 Å². The monoisotopic (exact) mass is 390 g/mol. The van der Waals surface area contributed by atoms with E-state index < -0.39 is 18.0 Å². The number of aromatic carboxylic acids is 1. The molecule has 132 valence electrons. The fraction of sp³-hybridized carbons (Fsp3) is 0.0526. The molecule has 0 fully saturated rings. The highest BCUT2D eigenvalue weighted by molar-refractivity contribution is 6.39. The van der Waals surface area contributed by atoms with Crippen LogP contribution < -0.4 is 4.74 Å². The molecule has 0 aliphatic heterocycles. The number of hydrogen-bond donors (Lipinski definition) is 2. The number of hydrogen-bond acceptors (Lipinski definition) is 3. The first-order valence-electron chi connectivity index (χ1n) is 7.47. The lowest BCUT2D eigenvalue weighted by atomic mass is 10.0. The molecule has 1 atom stereocenters. The van der Waals surface area contributed by atoms with Gasteiger partial charge < -0.3 is 14.9 Å². The molecule has 0 radical (unpaired) electrons. The van der Waals surface area contributed by atoms with Crippen LogP contribution >= 0.6 is 23.2 Å². The Morgan fingerprint density at radius 3 is 2.27 bits per heavy atom. The first-order chi connectivity index (χ1) is 12.4. The molecule has 0 saturated carbocycles. The van der Waals surface area contributed by atoms with E-state index >= 15 is 0 Å². The molecule has 0 saturated heterocycles. The molecule has 0 aliphatic carbocycles. The first kappa shape index (κ1) is 18.0. The summed E-state index contributed by atoms with van der Waals surface area (Å²) in [6, 6.07) is 14.0. The van der Waals surface area contributed by atoms with E-state index in [-0.39, 0.29) is 16.3 Å². The van der Waals surface area contributed by atoms with Crippen LogP contribution in [0.15, 0.2) is 54.6 Å². The minimum absolute atomic E-state index is 0.0535. The molecule has 26 heavy (non-hydrogen) atoms. The smallest absolute Gasteiger partial charge is 0.349 e. The van der Waals surface area contributed by atoms with Crippen molar-refractivity contribution in [3.8, 4) is 5.75 Å². The van der Waals surface area contributed by atoms with Crippen molar-refractivity contribution in [3.63, 3.8) is 0 Å². The van der Waals surface area contributed by atoms with Gasteiger partial charge in [0.2, 0.25) is 6.10 Å². The molecule has 3 rings (SSSR count). The molecule has 0 amide bonds. The van der Waals surface area contributed by atoms with E-state index in [1.165, 1.54) is 18.2 Å². The molecule has 0 aromatic heterocycles. The average Bonchev–Trinajstić information content (AvgIpc) is 2.59. The van der Waals surface area contributed by atoms with Gasteiger partial charge in [-0.05, 0) is 29.7 Å². The Balaban J connectivity index is 2.19. The summed E-state index contributed by atoms with van der Waals surface area (Å²) in [4.78, 5) is 23.1. The lowest BCUT2D eigenvalue weighted by Gasteiger charge is -2.18. The van der Waals surface area contributed by atoms with Crippen molar-refractivity contribution in [2.24, 2.45) is 0 Å². The summed E-state index contributed by atoms with van der Waals surface area (Å²) in [7, 11) is 0. The summed E-state index contributed by atoms with van der Waals surface area (Å²) >= 11 is 12.2. The normalized spacial score (nSPS) is 11.9. The van der Waals surface area contributed by atoms with Gasteiger partial charge in [-0.2, -0.15) is 0 Å². The number of benzene rings is 3. The maximum absolute atomic E-state index is 11.7. The summed E-state index contributed by atoms with van der Waals surface area (Å²) in [6.45, 7) is 0. The molecule has 5 nitrogen and oxygen atoms in total. The van der Waals surface area contributed by atoms with Crippen LogP contribution in [-0.2, 0) is 4.79 Å². The predicted octanol–water partition coefficient (Wildman–Crippen LogP) is 5.05. The molecule has 1 unspecified atom stereocenters. The molecular formula is C19H12Cl2O5. The highest BCUT2D eigenvalue weighted by Crippen LogP contribution is 2.38. The Labute approximate surface area is 158 Å². The van der Waals surface area contributed by atoms with Crippen molar-refractivity contribution in [3.05, 3.63) is 75.8 Å². The zero-order valence-electron chi connectivity index (χ0n) is 13.1. The Bertz CT molecular complexity index is 1000. The van der Waals surface area contributed by atoms with Gasteiger partial charge in [-0.15, -0.1) is 0 Å². The summed E-state index contributed by atoms with van der Waals surface area (Å²) in [5.74, 6) is -2.34. The van der Waals surface area contributed by atoms with Crippen LogP contribution in [0.5, 0.6) is 5.75 Å². The third-order valence-corrected chi connectivity index (χ3v) is 4.26. The van der Waals surface area contributed by atoms with E-state index in [4.69, 9.17) is 27.9 Å². The summed E-state index contributed by atoms with van der Waals surface area (Å²) < 4.78 is 5.70. The Morgan fingerprint density at radius 2 is 1.65 bits per heavy atom. The van der Waals surface area contributed by atoms with Gasteiger partial charge in [0.1, 0.15) is 5.75 Å². The van der Waals surface area contributed by atoms with Gasteiger partial charge in [-0.3, -0.25) is 0 Å². The lowest BCUT2D eigenvalue weighted by molar-refractivity contribution is -0.145. The van der Waals surface area contributed by atoms with Gasteiger partial charge in [0.25, 0.3) is 0 Å². The quantitative estimate of drug-likeness (QED) is 0.636. The predicted molar refractivity (Wildman–Crippen MR) is 98.4 cm³/mol. The largest absolute Gasteiger partial charge is 0.478 e. The number of carboxylic acid groups (broad SMARTS) is 2. The van der Waals surface area contributed by atoms with E-state index in [0.29, 0.717) is 21.4 Å². The van der Waals surface area contributed by atoms with Crippen LogP contribution in [0.4, 0.5) is 0 Å². The Hall–Kier alpha value is -2.76. The second-order valence-electron chi connectivity index (χ2n) is 5.51. The maximum Gasteiger partial charge on any atom is 0.349 e. The number of carboxylic acids is 2. The van der Waals surface area contributed by atoms with Crippen LogP contribution in [0.2, 0.25) is 10.0 Å². The number of rotatable bonds is 5. The average molecular weight is 391 g/mol. The minimum atomic E-state index is -1.32. The van der Waals surface area contributed by atoms with Crippen molar-refractivity contribution in [1.29, 1.82) is 0 Å². The molecule has 7 heteroatoms. The topological polar surface area (TPSA) is 83.8 Å². The fourth-order valence-electron chi connectivity index (χ4n) is 2.62. The van der Waals surface area contributed by atoms with Crippen LogP contribution in [-0.4, -0.2) is 22.2 Å². The van der Waals surface area contributed by atoms with Crippen molar-refractivity contribution in [2.75, 3.05) is 0 Å². The van der Waals surface area contributed by atoms with Gasteiger partial charge in [0, 0.05) is 16.0 Å². The number of ether oxygens (including phenoxy) is 1. The van der Waals surface area contributed by atoms with Crippen molar-refractivity contribution in [2.45, 2.75) is 6.10 Å². The molecule has 3 aromatic carbocycles. The van der Waals surface area contributed by atoms with Crippen molar-refractivity contribution in [1.82, 2.24) is 0 Å². The van der Waals surface area contributed by atoms with Crippen LogP contribution in [0.3, 0.4) is 0 Å². The number of halogens is 2. The molecular weight excluding hydrogens is 379 g/mol. The molecule has 2 N–H and O–H groups in total. The third kappa shape index (κ3) is 3.59. The van der Waals surface area contributed by atoms with Crippen molar-refractivity contribution >= 4 is 45.9 Å². The Morgan fingerprint density at radius 1 is 0.962 bits per heavy atom. The molecule has 0 heterocycles. The molecule has 3 aromatic rings. The second-order valence-corrected chi connectivity index (χ2v) is 6.36. The van der Waals surface area contributed by atoms with E-state index in [9.17, 15) is 19.8 Å². The van der Waals surface area contributed by atoms with Gasteiger partial charge in [0.05, 0.1) is 10.6 Å². The van der Waals surface area contributed by atoms with Gasteiger partial charge in [0.15, 0.2) is 0 Å². The molecule has 0 bridgehead atoms. The van der Waals surface area contributed by atoms with Crippen molar-refractivity contribution < 1.29 is 24.5 Å². The first-order valence-corrected chi connectivity index (χ1v) is 8.23. The Kier molecular flexibility index (Phi) is 5.02. The zero-order chi connectivity index (χ0) is 18.8. The SMILES string of the molecule is O=C(O)c1cc(OC(C(=O)O)c2ccccc2)c2c(Cl)cc(Cl)cc2c1. The number of carbonyl (C=O) groups is 2. The maximum atomic E-state index is 11.7. The van der Waals surface area contributed by atoms with Gasteiger partial charge >= 0.3 is 11.9 Å². The number of aliphatic carboxylic acids is 1. The second kappa shape index (κ2) is 7.23. The highest BCUT2D eigenvalue weighted by Gasteiger charge is 2.24.